The van der Waals surface area contributed by atoms with Crippen molar-refractivity contribution in [1.29, 1.82) is 0 Å². The first kappa shape index (κ1) is 14.3. The fraction of sp³-hybridized carbons (Fsp3) is 0.571. The van der Waals surface area contributed by atoms with E-state index in [-0.39, 0.29) is 11.9 Å². The molecule has 0 bridgehead atoms. The second-order valence-corrected chi connectivity index (χ2v) is 6.93. The molecule has 0 amide bonds. The third-order valence-corrected chi connectivity index (χ3v) is 5.38. The first-order chi connectivity index (χ1) is 9.12. The Morgan fingerprint density at radius 2 is 1.84 bits per heavy atom. The summed E-state index contributed by atoms with van der Waals surface area (Å²) in [6.07, 6.45) is 2.31. The smallest absolute Gasteiger partial charge is 0.214 e. The number of benzene rings is 1. The van der Waals surface area contributed by atoms with E-state index in [2.05, 4.69) is 0 Å². The Bertz CT molecular complexity index is 479. The lowest BCUT2D eigenvalue weighted by atomic mass is 10.1. The molecule has 106 valence electrons. The molecule has 1 aliphatic rings. The summed E-state index contributed by atoms with van der Waals surface area (Å²) in [5.41, 5.74) is 0. The topological polar surface area (TPSA) is 46.6 Å². The minimum Gasteiger partial charge on any atom is -0.490 e. The molecule has 0 spiro atoms. The molecule has 0 N–H and O–H groups in total. The molecule has 1 aromatic carbocycles. The lowest BCUT2D eigenvalue weighted by Crippen LogP contribution is -2.42. The molecule has 5 heteroatoms. The fourth-order valence-electron chi connectivity index (χ4n) is 2.31. The first-order valence-electron chi connectivity index (χ1n) is 6.81. The average Bonchev–Trinajstić information content (AvgIpc) is 2.40. The van der Waals surface area contributed by atoms with Crippen molar-refractivity contribution in [2.75, 3.05) is 18.8 Å². The monoisotopic (exact) mass is 283 g/mol. The van der Waals surface area contributed by atoms with Crippen LogP contribution in [-0.4, -0.2) is 37.7 Å². The zero-order valence-electron chi connectivity index (χ0n) is 11.3. The summed E-state index contributed by atoms with van der Waals surface area (Å²) in [6, 6.07) is 9.69. The normalized spacial score (nSPS) is 18.4. The van der Waals surface area contributed by atoms with E-state index in [0.717, 1.165) is 18.6 Å². The van der Waals surface area contributed by atoms with Crippen LogP contribution in [0.2, 0.25) is 0 Å². The molecule has 19 heavy (non-hydrogen) atoms. The molecular formula is C14H21NO3S. The summed E-state index contributed by atoms with van der Waals surface area (Å²) in [5.74, 6) is 1.11. The van der Waals surface area contributed by atoms with Gasteiger partial charge in [-0.2, -0.15) is 0 Å². The van der Waals surface area contributed by atoms with Gasteiger partial charge >= 0.3 is 0 Å². The van der Waals surface area contributed by atoms with E-state index >= 15 is 0 Å². The molecule has 1 aromatic rings. The number of sulfonamides is 1. The summed E-state index contributed by atoms with van der Waals surface area (Å²) >= 11 is 0. The molecule has 1 fully saturated rings. The SMILES string of the molecule is CCCS(=O)(=O)N1CCC(Oc2ccccc2)CC1. The molecule has 0 saturated carbocycles. The third kappa shape index (κ3) is 3.94. The quantitative estimate of drug-likeness (QED) is 0.833. The molecule has 0 radical (unpaired) electrons. The molecule has 4 nitrogen and oxygen atoms in total. The molecule has 0 aliphatic carbocycles. The lowest BCUT2D eigenvalue weighted by Gasteiger charge is -2.31. The van der Waals surface area contributed by atoms with Gasteiger partial charge in [0.2, 0.25) is 10.0 Å². The van der Waals surface area contributed by atoms with Gasteiger partial charge in [-0.25, -0.2) is 12.7 Å². The molecule has 0 atom stereocenters. The number of hydrogen-bond acceptors (Lipinski definition) is 3. The van der Waals surface area contributed by atoms with E-state index in [1.165, 1.54) is 0 Å². The van der Waals surface area contributed by atoms with Gasteiger partial charge in [0, 0.05) is 13.1 Å². The number of piperidine rings is 1. The fourth-order valence-corrected chi connectivity index (χ4v) is 3.85. The number of hydrogen-bond donors (Lipinski definition) is 0. The van der Waals surface area contributed by atoms with Gasteiger partial charge in [-0.1, -0.05) is 25.1 Å². The highest BCUT2D eigenvalue weighted by Gasteiger charge is 2.27. The van der Waals surface area contributed by atoms with Crippen LogP contribution in [0.3, 0.4) is 0 Å². The highest BCUT2D eigenvalue weighted by molar-refractivity contribution is 7.89. The Balaban J connectivity index is 1.86. The first-order valence-corrected chi connectivity index (χ1v) is 8.42. The summed E-state index contributed by atoms with van der Waals surface area (Å²) in [6.45, 7) is 3.03. The van der Waals surface area contributed by atoms with E-state index in [4.69, 9.17) is 4.74 Å². The number of rotatable bonds is 5. The van der Waals surface area contributed by atoms with Crippen LogP contribution in [0.15, 0.2) is 30.3 Å². The molecular weight excluding hydrogens is 262 g/mol. The average molecular weight is 283 g/mol. The van der Waals surface area contributed by atoms with Gasteiger partial charge in [0.05, 0.1) is 5.75 Å². The number of ether oxygens (including phenoxy) is 1. The standard InChI is InChI=1S/C14H21NO3S/c1-2-12-19(16,17)15-10-8-14(9-11-15)18-13-6-4-3-5-7-13/h3-7,14H,2,8-12H2,1H3. The van der Waals surface area contributed by atoms with Crippen LogP contribution in [0.1, 0.15) is 26.2 Å². The van der Waals surface area contributed by atoms with Gasteiger partial charge in [0.25, 0.3) is 0 Å². The van der Waals surface area contributed by atoms with Crippen molar-refractivity contribution in [1.82, 2.24) is 4.31 Å². The van der Waals surface area contributed by atoms with Gasteiger partial charge in [0.1, 0.15) is 11.9 Å². The molecule has 1 aliphatic heterocycles. The van der Waals surface area contributed by atoms with E-state index in [1.54, 1.807) is 4.31 Å². The highest BCUT2D eigenvalue weighted by atomic mass is 32.2. The van der Waals surface area contributed by atoms with E-state index < -0.39 is 10.0 Å². The summed E-state index contributed by atoms with van der Waals surface area (Å²) in [4.78, 5) is 0. The second-order valence-electron chi connectivity index (χ2n) is 4.85. The van der Waals surface area contributed by atoms with Crippen molar-refractivity contribution in [3.05, 3.63) is 30.3 Å². The van der Waals surface area contributed by atoms with Crippen LogP contribution in [0, 0.1) is 0 Å². The maximum atomic E-state index is 11.9. The van der Waals surface area contributed by atoms with Crippen molar-refractivity contribution < 1.29 is 13.2 Å². The van der Waals surface area contributed by atoms with Crippen LogP contribution in [0.25, 0.3) is 0 Å². The predicted octanol–water partition coefficient (Wildman–Crippen LogP) is 2.27. The van der Waals surface area contributed by atoms with Crippen LogP contribution in [0.4, 0.5) is 0 Å². The van der Waals surface area contributed by atoms with Crippen molar-refractivity contribution in [2.24, 2.45) is 0 Å². The summed E-state index contributed by atoms with van der Waals surface area (Å²) < 4.78 is 31.3. The van der Waals surface area contributed by atoms with E-state index in [9.17, 15) is 8.42 Å². The summed E-state index contributed by atoms with van der Waals surface area (Å²) in [7, 11) is -3.05. The minimum absolute atomic E-state index is 0.121. The molecule has 1 saturated heterocycles. The third-order valence-electron chi connectivity index (χ3n) is 3.30. The van der Waals surface area contributed by atoms with E-state index in [1.807, 2.05) is 37.3 Å². The van der Waals surface area contributed by atoms with Gasteiger partial charge < -0.3 is 4.74 Å². The summed E-state index contributed by atoms with van der Waals surface area (Å²) in [5, 5.41) is 0. The Hall–Kier alpha value is -1.07. The number of nitrogens with zero attached hydrogens (tertiary/aromatic N) is 1. The predicted molar refractivity (Wildman–Crippen MR) is 75.7 cm³/mol. The van der Waals surface area contributed by atoms with Gasteiger partial charge in [-0.3, -0.25) is 0 Å². The maximum absolute atomic E-state index is 11.9. The molecule has 0 unspecified atom stereocenters. The van der Waals surface area contributed by atoms with Crippen molar-refractivity contribution >= 4 is 10.0 Å². The zero-order chi connectivity index (χ0) is 13.7. The molecule has 2 rings (SSSR count). The van der Waals surface area contributed by atoms with Crippen molar-refractivity contribution in [2.45, 2.75) is 32.3 Å². The highest BCUT2D eigenvalue weighted by Crippen LogP contribution is 2.20. The van der Waals surface area contributed by atoms with Crippen molar-refractivity contribution in [3.63, 3.8) is 0 Å². The van der Waals surface area contributed by atoms with Crippen molar-refractivity contribution in [3.8, 4) is 5.75 Å². The van der Waals surface area contributed by atoms with Crippen LogP contribution >= 0.6 is 0 Å². The molecule has 0 aromatic heterocycles. The van der Waals surface area contributed by atoms with Gasteiger partial charge in [-0.05, 0) is 31.4 Å². The Morgan fingerprint density at radius 1 is 1.21 bits per heavy atom. The Kier molecular flexibility index (Phi) is 4.82. The Labute approximate surface area is 115 Å². The maximum Gasteiger partial charge on any atom is 0.214 e. The van der Waals surface area contributed by atoms with Crippen LogP contribution < -0.4 is 4.74 Å². The van der Waals surface area contributed by atoms with Crippen LogP contribution in [-0.2, 0) is 10.0 Å². The Morgan fingerprint density at radius 3 is 2.42 bits per heavy atom. The lowest BCUT2D eigenvalue weighted by molar-refractivity contribution is 0.135. The largest absolute Gasteiger partial charge is 0.490 e. The number of para-hydroxylation sites is 1. The second kappa shape index (κ2) is 6.39. The zero-order valence-corrected chi connectivity index (χ0v) is 12.1. The molecule has 1 heterocycles. The van der Waals surface area contributed by atoms with Crippen LogP contribution in [0.5, 0.6) is 5.75 Å². The van der Waals surface area contributed by atoms with Gasteiger partial charge in [-0.15, -0.1) is 0 Å². The van der Waals surface area contributed by atoms with E-state index in [0.29, 0.717) is 19.5 Å². The minimum atomic E-state index is -3.05. The van der Waals surface area contributed by atoms with Gasteiger partial charge in [0.15, 0.2) is 0 Å².